The van der Waals surface area contributed by atoms with Crippen molar-refractivity contribution in [2.45, 2.75) is 6.04 Å². The van der Waals surface area contributed by atoms with Crippen molar-refractivity contribution in [3.05, 3.63) is 29.8 Å². The summed E-state index contributed by atoms with van der Waals surface area (Å²) in [5.74, 6) is -2.82. The lowest BCUT2D eigenvalue weighted by atomic mass is 10.0. The molecule has 6 heteroatoms. The number of likely N-dealkylation sites (N-methyl/N-ethyl adjacent to an activating group) is 1. The highest BCUT2D eigenvalue weighted by atomic mass is 19.2. The average Bonchev–Trinajstić information content (AvgIpc) is 2.83. The molecule has 1 aliphatic rings. The van der Waals surface area contributed by atoms with Crippen LogP contribution in [0.1, 0.15) is 0 Å². The van der Waals surface area contributed by atoms with Crippen LogP contribution in [0.5, 0.6) is 0 Å². The molecule has 1 heterocycles. The smallest absolute Gasteiger partial charge is 0.231 e. The highest BCUT2D eigenvalue weighted by molar-refractivity contribution is 5.93. The van der Waals surface area contributed by atoms with E-state index in [0.29, 0.717) is 6.61 Å². The van der Waals surface area contributed by atoms with E-state index in [1.165, 1.54) is 12.1 Å². The number of carbonyl (C=O) groups is 1. The molecule has 1 aromatic rings. The molecule has 2 rings (SSSR count). The summed E-state index contributed by atoms with van der Waals surface area (Å²) in [6.07, 6.45) is 0. The van der Waals surface area contributed by atoms with E-state index in [-0.39, 0.29) is 24.2 Å². The van der Waals surface area contributed by atoms with Crippen LogP contribution < -0.4 is 10.6 Å². The first-order valence-electron chi connectivity index (χ1n) is 5.63. The Kier molecular flexibility index (Phi) is 3.88. The van der Waals surface area contributed by atoms with Crippen LogP contribution in [-0.2, 0) is 9.53 Å². The highest BCUT2D eigenvalue weighted by Gasteiger charge is 2.33. The quantitative estimate of drug-likeness (QED) is 0.852. The second-order valence-electron chi connectivity index (χ2n) is 4.13. The average molecular weight is 256 g/mol. The van der Waals surface area contributed by atoms with E-state index in [0.717, 1.165) is 6.07 Å². The maximum atomic E-state index is 13.4. The summed E-state index contributed by atoms with van der Waals surface area (Å²) in [6.45, 7) is 0.703. The molecule has 0 aromatic heterocycles. The van der Waals surface area contributed by atoms with Crippen molar-refractivity contribution in [3.8, 4) is 0 Å². The van der Waals surface area contributed by atoms with E-state index in [4.69, 9.17) is 4.74 Å². The number of hydrogen-bond donors (Lipinski definition) is 2. The molecule has 18 heavy (non-hydrogen) atoms. The fraction of sp³-hybridized carbons (Fsp3) is 0.417. The molecule has 0 saturated carbocycles. The van der Waals surface area contributed by atoms with Gasteiger partial charge in [0.1, 0.15) is 0 Å². The number of ether oxygens (including phenoxy) is 1. The highest BCUT2D eigenvalue weighted by Crippen LogP contribution is 2.20. The molecule has 0 aliphatic carbocycles. The number of anilines is 1. The minimum absolute atomic E-state index is 0.110. The molecule has 2 atom stereocenters. The Morgan fingerprint density at radius 2 is 2.17 bits per heavy atom. The number of nitrogens with one attached hydrogen (secondary N) is 2. The molecule has 2 N–H and O–H groups in total. The number of benzene rings is 1. The fourth-order valence-electron chi connectivity index (χ4n) is 1.92. The van der Waals surface area contributed by atoms with Gasteiger partial charge in [0.15, 0.2) is 11.6 Å². The summed E-state index contributed by atoms with van der Waals surface area (Å²) < 4.78 is 31.6. The molecule has 1 saturated heterocycles. The number of hydrogen-bond acceptors (Lipinski definition) is 3. The molecule has 0 bridgehead atoms. The summed E-state index contributed by atoms with van der Waals surface area (Å²) >= 11 is 0. The van der Waals surface area contributed by atoms with Gasteiger partial charge in [0.2, 0.25) is 5.91 Å². The Labute approximate surface area is 103 Å². The van der Waals surface area contributed by atoms with Crippen LogP contribution in [0.4, 0.5) is 14.5 Å². The maximum Gasteiger partial charge on any atom is 0.231 e. The summed E-state index contributed by atoms with van der Waals surface area (Å²) in [7, 11) is 1.72. The van der Waals surface area contributed by atoms with E-state index in [1.54, 1.807) is 7.05 Å². The predicted molar refractivity (Wildman–Crippen MR) is 62.1 cm³/mol. The van der Waals surface area contributed by atoms with Crippen LogP contribution in [0, 0.1) is 17.6 Å². The van der Waals surface area contributed by atoms with E-state index in [2.05, 4.69) is 10.6 Å². The zero-order valence-corrected chi connectivity index (χ0v) is 9.87. The number of rotatable bonds is 3. The Morgan fingerprint density at radius 3 is 2.89 bits per heavy atom. The van der Waals surface area contributed by atoms with Crippen LogP contribution in [0.3, 0.4) is 0 Å². The molecule has 1 aliphatic heterocycles. The number of amides is 1. The van der Waals surface area contributed by atoms with Gasteiger partial charge in [0, 0.05) is 6.04 Å². The fourth-order valence-corrected chi connectivity index (χ4v) is 1.92. The standard InChI is InChI=1S/C12H14F2N2O2/c1-15-10-6-18-5-7(10)12(17)16-9-4-2-3-8(13)11(9)14/h2-4,7,10,15H,5-6H2,1H3,(H,16,17). The zero-order chi connectivity index (χ0) is 13.1. The normalized spacial score (nSPS) is 23.1. The van der Waals surface area contributed by atoms with Gasteiger partial charge in [-0.1, -0.05) is 6.07 Å². The van der Waals surface area contributed by atoms with E-state index < -0.39 is 17.6 Å². The molecular formula is C12H14F2N2O2. The van der Waals surface area contributed by atoms with E-state index >= 15 is 0 Å². The van der Waals surface area contributed by atoms with E-state index in [1.807, 2.05) is 0 Å². The molecule has 0 radical (unpaired) electrons. The van der Waals surface area contributed by atoms with Crippen LogP contribution in [0.25, 0.3) is 0 Å². The second-order valence-corrected chi connectivity index (χ2v) is 4.13. The molecule has 4 nitrogen and oxygen atoms in total. The van der Waals surface area contributed by atoms with E-state index in [9.17, 15) is 13.6 Å². The van der Waals surface area contributed by atoms with Gasteiger partial charge in [-0.2, -0.15) is 0 Å². The zero-order valence-electron chi connectivity index (χ0n) is 9.87. The molecule has 1 amide bonds. The van der Waals surface area contributed by atoms with Gasteiger partial charge in [-0.25, -0.2) is 8.78 Å². The molecule has 0 spiro atoms. The van der Waals surface area contributed by atoms with Crippen molar-refractivity contribution < 1.29 is 18.3 Å². The third kappa shape index (κ3) is 2.49. The maximum absolute atomic E-state index is 13.4. The van der Waals surface area contributed by atoms with Crippen LogP contribution >= 0.6 is 0 Å². The molecular weight excluding hydrogens is 242 g/mol. The largest absolute Gasteiger partial charge is 0.379 e. The van der Waals surface area contributed by atoms with Gasteiger partial charge in [-0.3, -0.25) is 4.79 Å². The van der Waals surface area contributed by atoms with Crippen molar-refractivity contribution >= 4 is 11.6 Å². The predicted octanol–water partition coefficient (Wildman–Crippen LogP) is 1.14. The van der Waals surface area contributed by atoms with Crippen molar-refractivity contribution in [1.29, 1.82) is 0 Å². The van der Waals surface area contributed by atoms with Crippen LogP contribution in [0.2, 0.25) is 0 Å². The first kappa shape index (κ1) is 12.9. The lowest BCUT2D eigenvalue weighted by Crippen LogP contribution is -2.39. The Bertz CT molecular complexity index is 454. The summed E-state index contributed by atoms with van der Waals surface area (Å²) in [6, 6.07) is 3.55. The van der Waals surface area contributed by atoms with Crippen molar-refractivity contribution in [2.75, 3.05) is 25.6 Å². The minimum Gasteiger partial charge on any atom is -0.379 e. The number of halogens is 2. The van der Waals surface area contributed by atoms with Crippen LogP contribution in [0.15, 0.2) is 18.2 Å². The summed E-state index contributed by atoms with van der Waals surface area (Å²) in [5.41, 5.74) is -0.151. The molecule has 1 fully saturated rings. The summed E-state index contributed by atoms with van der Waals surface area (Å²) in [4.78, 5) is 11.9. The van der Waals surface area contributed by atoms with Gasteiger partial charge < -0.3 is 15.4 Å². The lowest BCUT2D eigenvalue weighted by molar-refractivity contribution is -0.120. The van der Waals surface area contributed by atoms with Gasteiger partial charge in [0.25, 0.3) is 0 Å². The third-order valence-corrected chi connectivity index (χ3v) is 3.00. The molecule has 1 aromatic carbocycles. The first-order valence-corrected chi connectivity index (χ1v) is 5.63. The lowest BCUT2D eigenvalue weighted by Gasteiger charge is -2.16. The van der Waals surface area contributed by atoms with Crippen molar-refractivity contribution in [2.24, 2.45) is 5.92 Å². The topological polar surface area (TPSA) is 50.4 Å². The van der Waals surface area contributed by atoms with Gasteiger partial charge in [-0.05, 0) is 19.2 Å². The minimum atomic E-state index is -1.05. The molecule has 98 valence electrons. The summed E-state index contributed by atoms with van der Waals surface area (Å²) in [5, 5.41) is 5.34. The van der Waals surface area contributed by atoms with Crippen LogP contribution in [-0.4, -0.2) is 32.2 Å². The van der Waals surface area contributed by atoms with Crippen molar-refractivity contribution in [1.82, 2.24) is 5.32 Å². The molecule has 2 unspecified atom stereocenters. The van der Waals surface area contributed by atoms with Gasteiger partial charge >= 0.3 is 0 Å². The Hall–Kier alpha value is -1.53. The Morgan fingerprint density at radius 1 is 1.39 bits per heavy atom. The SMILES string of the molecule is CNC1COCC1C(=O)Nc1cccc(F)c1F. The van der Waals surface area contributed by atoms with Crippen molar-refractivity contribution in [3.63, 3.8) is 0 Å². The first-order chi connectivity index (χ1) is 8.63. The monoisotopic (exact) mass is 256 g/mol. The van der Waals surface area contributed by atoms with Gasteiger partial charge in [0.05, 0.1) is 24.8 Å². The van der Waals surface area contributed by atoms with Gasteiger partial charge in [-0.15, -0.1) is 0 Å². The second kappa shape index (κ2) is 5.41. The number of carbonyl (C=O) groups excluding carboxylic acids is 1. The Balaban J connectivity index is 2.09. The third-order valence-electron chi connectivity index (χ3n) is 3.00.